The molecule has 1 amide bonds. The van der Waals surface area contributed by atoms with Gasteiger partial charge in [0.05, 0.1) is 6.04 Å². The van der Waals surface area contributed by atoms with E-state index in [1.165, 1.54) is 17.7 Å². The molecule has 0 spiro atoms. The minimum Gasteiger partial charge on any atom is -0.354 e. The summed E-state index contributed by atoms with van der Waals surface area (Å²) in [7, 11) is 3.03. The van der Waals surface area contributed by atoms with E-state index in [0.29, 0.717) is 18.2 Å². The molecule has 0 fully saturated rings. The maximum absolute atomic E-state index is 11.8. The first-order valence-corrected chi connectivity index (χ1v) is 7.01. The number of hydrogen-bond donors (Lipinski definition) is 2. The lowest BCUT2D eigenvalue weighted by Gasteiger charge is -2.16. The first kappa shape index (κ1) is 17.2. The van der Waals surface area contributed by atoms with Crippen LogP contribution in [0.25, 0.3) is 0 Å². The molecule has 7 nitrogen and oxygen atoms in total. The Kier molecular flexibility index (Phi) is 5.90. The van der Waals surface area contributed by atoms with Crippen molar-refractivity contribution < 1.29 is 4.79 Å². The lowest BCUT2D eigenvalue weighted by atomic mass is 10.2. The van der Waals surface area contributed by atoms with Gasteiger partial charge < -0.3 is 10.6 Å². The van der Waals surface area contributed by atoms with E-state index in [4.69, 9.17) is 0 Å². The summed E-state index contributed by atoms with van der Waals surface area (Å²) in [4.78, 5) is 35.2. The summed E-state index contributed by atoms with van der Waals surface area (Å²) in [6.45, 7) is 6.68. The summed E-state index contributed by atoms with van der Waals surface area (Å²) >= 11 is 0. The molecule has 0 radical (unpaired) electrons. The Morgan fingerprint density at radius 3 is 2.38 bits per heavy atom. The van der Waals surface area contributed by atoms with Crippen LogP contribution in [-0.4, -0.2) is 27.6 Å². The van der Waals surface area contributed by atoms with Crippen molar-refractivity contribution in [1.29, 1.82) is 0 Å². The molecule has 0 aliphatic rings. The van der Waals surface area contributed by atoms with E-state index >= 15 is 0 Å². The highest BCUT2D eigenvalue weighted by Crippen LogP contribution is 1.93. The Labute approximate surface area is 124 Å². The van der Waals surface area contributed by atoms with Gasteiger partial charge in [-0.1, -0.05) is 13.8 Å². The lowest BCUT2D eigenvalue weighted by Crippen LogP contribution is -2.44. The normalized spacial score (nSPS) is 12.5. The van der Waals surface area contributed by atoms with Crippen LogP contribution in [0.4, 0.5) is 0 Å². The molecule has 1 unspecified atom stereocenters. The molecule has 21 heavy (non-hydrogen) atoms. The molecule has 1 atom stereocenters. The third kappa shape index (κ3) is 4.56. The first-order chi connectivity index (χ1) is 9.73. The van der Waals surface area contributed by atoms with Gasteiger partial charge in [0.15, 0.2) is 0 Å². The second-order valence-electron chi connectivity index (χ2n) is 5.62. The van der Waals surface area contributed by atoms with Crippen molar-refractivity contribution in [3.8, 4) is 0 Å². The molecule has 0 aliphatic carbocycles. The maximum Gasteiger partial charge on any atom is 0.330 e. The second kappa shape index (κ2) is 7.21. The van der Waals surface area contributed by atoms with Gasteiger partial charge in [0.2, 0.25) is 5.91 Å². The van der Waals surface area contributed by atoms with Gasteiger partial charge in [0.25, 0.3) is 5.56 Å². The number of nitrogens with zero attached hydrogens (tertiary/aromatic N) is 2. The standard InChI is InChI=1S/C14H24N4O3/c1-9(2)7-16-13(20)10(3)15-8-11-6-12(19)18(5)14(21)17(11)4/h6,9-10,15H,7-8H2,1-5H3,(H,16,20). The molecule has 1 aromatic rings. The van der Waals surface area contributed by atoms with Crippen LogP contribution in [-0.2, 0) is 25.4 Å². The molecule has 0 saturated heterocycles. The topological polar surface area (TPSA) is 85.1 Å². The van der Waals surface area contributed by atoms with Crippen LogP contribution in [0.15, 0.2) is 15.7 Å². The zero-order valence-corrected chi connectivity index (χ0v) is 13.3. The number of carbonyl (C=O) groups is 1. The van der Waals surface area contributed by atoms with E-state index in [-0.39, 0.29) is 23.7 Å². The van der Waals surface area contributed by atoms with E-state index in [1.807, 2.05) is 13.8 Å². The van der Waals surface area contributed by atoms with E-state index in [1.54, 1.807) is 14.0 Å². The summed E-state index contributed by atoms with van der Waals surface area (Å²) in [6.07, 6.45) is 0. The van der Waals surface area contributed by atoms with Crippen molar-refractivity contribution in [1.82, 2.24) is 19.8 Å². The van der Waals surface area contributed by atoms with Crippen LogP contribution in [0.3, 0.4) is 0 Å². The SMILES string of the molecule is CC(C)CNC(=O)C(C)NCc1cc(=O)n(C)c(=O)n1C. The minimum atomic E-state index is -0.400. The van der Waals surface area contributed by atoms with E-state index in [2.05, 4.69) is 10.6 Å². The fourth-order valence-electron chi connectivity index (χ4n) is 1.76. The van der Waals surface area contributed by atoms with Gasteiger partial charge in [-0.3, -0.25) is 18.7 Å². The predicted octanol–water partition coefficient (Wildman–Crippen LogP) is -0.666. The Morgan fingerprint density at radius 2 is 1.81 bits per heavy atom. The molecule has 0 aliphatic heterocycles. The van der Waals surface area contributed by atoms with Gasteiger partial charge in [0.1, 0.15) is 0 Å². The van der Waals surface area contributed by atoms with Gasteiger partial charge in [-0.25, -0.2) is 4.79 Å². The van der Waals surface area contributed by atoms with Crippen molar-refractivity contribution >= 4 is 5.91 Å². The van der Waals surface area contributed by atoms with Gasteiger partial charge in [-0.2, -0.15) is 0 Å². The quantitative estimate of drug-likeness (QED) is 0.729. The number of nitrogens with one attached hydrogen (secondary N) is 2. The monoisotopic (exact) mass is 296 g/mol. The average molecular weight is 296 g/mol. The van der Waals surface area contributed by atoms with Crippen LogP contribution in [0.1, 0.15) is 26.5 Å². The Bertz CT molecular complexity index is 616. The molecule has 1 heterocycles. The van der Waals surface area contributed by atoms with Gasteiger partial charge in [-0.05, 0) is 12.8 Å². The zero-order chi connectivity index (χ0) is 16.2. The molecule has 0 aromatic carbocycles. The number of hydrogen-bond acceptors (Lipinski definition) is 4. The zero-order valence-electron chi connectivity index (χ0n) is 13.3. The van der Waals surface area contributed by atoms with Crippen molar-refractivity contribution in [2.75, 3.05) is 6.54 Å². The van der Waals surface area contributed by atoms with Crippen LogP contribution >= 0.6 is 0 Å². The third-order valence-electron chi connectivity index (χ3n) is 3.29. The Balaban J connectivity index is 2.70. The van der Waals surface area contributed by atoms with Gasteiger partial charge in [-0.15, -0.1) is 0 Å². The van der Waals surface area contributed by atoms with Crippen molar-refractivity contribution in [2.45, 2.75) is 33.4 Å². The molecule has 7 heteroatoms. The summed E-state index contributed by atoms with van der Waals surface area (Å²) in [5, 5.41) is 5.85. The molecular formula is C14H24N4O3. The smallest absolute Gasteiger partial charge is 0.330 e. The van der Waals surface area contributed by atoms with Crippen molar-refractivity contribution in [3.05, 3.63) is 32.6 Å². The van der Waals surface area contributed by atoms with E-state index in [0.717, 1.165) is 4.57 Å². The first-order valence-electron chi connectivity index (χ1n) is 7.01. The molecule has 2 N–H and O–H groups in total. The predicted molar refractivity (Wildman–Crippen MR) is 81.1 cm³/mol. The summed E-state index contributed by atoms with van der Waals surface area (Å²) in [5.41, 5.74) is -0.186. The fourth-order valence-corrected chi connectivity index (χ4v) is 1.76. The number of amides is 1. The van der Waals surface area contributed by atoms with Crippen LogP contribution in [0, 0.1) is 5.92 Å². The van der Waals surface area contributed by atoms with Crippen molar-refractivity contribution in [2.24, 2.45) is 20.0 Å². The highest BCUT2D eigenvalue weighted by atomic mass is 16.2. The summed E-state index contributed by atoms with van der Waals surface area (Å²) in [5.74, 6) is 0.289. The third-order valence-corrected chi connectivity index (χ3v) is 3.29. The number of aromatic nitrogens is 2. The molecule has 1 rings (SSSR count). The lowest BCUT2D eigenvalue weighted by molar-refractivity contribution is -0.122. The largest absolute Gasteiger partial charge is 0.354 e. The maximum atomic E-state index is 11.8. The summed E-state index contributed by atoms with van der Waals surface area (Å²) in [6, 6.07) is 0.996. The van der Waals surface area contributed by atoms with Crippen LogP contribution in [0.5, 0.6) is 0 Å². The van der Waals surface area contributed by atoms with Crippen LogP contribution < -0.4 is 21.9 Å². The molecular weight excluding hydrogens is 272 g/mol. The van der Waals surface area contributed by atoms with E-state index < -0.39 is 6.04 Å². The number of carbonyl (C=O) groups excluding carboxylic acids is 1. The second-order valence-corrected chi connectivity index (χ2v) is 5.62. The Hall–Kier alpha value is -1.89. The molecule has 1 aromatic heterocycles. The van der Waals surface area contributed by atoms with Gasteiger partial charge >= 0.3 is 5.69 Å². The number of rotatable bonds is 6. The minimum absolute atomic E-state index is 0.0995. The van der Waals surface area contributed by atoms with Crippen molar-refractivity contribution in [3.63, 3.8) is 0 Å². The summed E-state index contributed by atoms with van der Waals surface area (Å²) < 4.78 is 2.44. The molecule has 118 valence electrons. The molecule has 0 bridgehead atoms. The fraction of sp³-hybridized carbons (Fsp3) is 0.643. The highest BCUT2D eigenvalue weighted by molar-refractivity contribution is 5.81. The van der Waals surface area contributed by atoms with Crippen LogP contribution in [0.2, 0.25) is 0 Å². The van der Waals surface area contributed by atoms with E-state index in [9.17, 15) is 14.4 Å². The average Bonchev–Trinajstić information content (AvgIpc) is 2.44. The molecule has 0 saturated carbocycles. The highest BCUT2D eigenvalue weighted by Gasteiger charge is 2.13. The van der Waals surface area contributed by atoms with Gasteiger partial charge in [0, 0.05) is 38.9 Å². The Morgan fingerprint density at radius 1 is 1.19 bits per heavy atom.